The third-order valence-corrected chi connectivity index (χ3v) is 1.54. The lowest BCUT2D eigenvalue weighted by Crippen LogP contribution is -2.34. The van der Waals surface area contributed by atoms with Gasteiger partial charge in [0.05, 0.1) is 40.6 Å². The maximum atomic E-state index is 8.74. The van der Waals surface area contributed by atoms with Crippen molar-refractivity contribution in [1.29, 1.82) is 0 Å². The molecule has 0 aromatic carbocycles. The predicted octanol–water partition coefficient (Wildman–Crippen LogP) is -0.737. The van der Waals surface area contributed by atoms with Crippen LogP contribution in [0.15, 0.2) is 12.4 Å². The van der Waals surface area contributed by atoms with E-state index in [-0.39, 0.29) is 0 Å². The van der Waals surface area contributed by atoms with Crippen molar-refractivity contribution in [2.45, 2.75) is 0 Å². The summed E-state index contributed by atoms with van der Waals surface area (Å²) in [5.74, 6) is 1.19. The highest BCUT2D eigenvalue weighted by molar-refractivity contribution is 7.79. The molecule has 0 unspecified atom stereocenters. The number of nitrogens with zero attached hydrogens (tertiary/aromatic N) is 3. The van der Waals surface area contributed by atoms with Gasteiger partial charge >= 0.3 is 16.3 Å². The summed E-state index contributed by atoms with van der Waals surface area (Å²) in [5, 5.41) is 0. The van der Waals surface area contributed by atoms with E-state index in [1.807, 2.05) is 40.6 Å². The number of hydrogen-bond acceptors (Lipinski definition) is 3. The van der Waals surface area contributed by atoms with E-state index in [4.69, 9.17) is 17.5 Å². The second-order valence-corrected chi connectivity index (χ2v) is 4.06. The molecule has 1 aromatic heterocycles. The van der Waals surface area contributed by atoms with E-state index in [0.29, 0.717) is 0 Å². The summed E-state index contributed by atoms with van der Waals surface area (Å²) in [6.07, 6.45) is 4.07. The summed E-state index contributed by atoms with van der Waals surface area (Å²) in [4.78, 5) is 2.08. The average molecular weight is 238 g/mol. The van der Waals surface area contributed by atoms with Crippen molar-refractivity contribution < 1.29 is 22.1 Å². The van der Waals surface area contributed by atoms with Crippen molar-refractivity contribution in [3.8, 4) is 0 Å². The Kier molecular flexibility index (Phi) is 4.72. The van der Waals surface area contributed by atoms with Crippen molar-refractivity contribution in [2.24, 2.45) is 14.1 Å². The molecule has 1 heterocycles. The van der Waals surface area contributed by atoms with Gasteiger partial charge in [-0.3, -0.25) is 14.0 Å². The number of hydrogen-bond donors (Lipinski definition) is 2. The van der Waals surface area contributed by atoms with E-state index in [9.17, 15) is 0 Å². The minimum absolute atomic E-state index is 1.19. The van der Waals surface area contributed by atoms with Gasteiger partial charge in [-0.1, -0.05) is 0 Å². The van der Waals surface area contributed by atoms with E-state index < -0.39 is 10.4 Å². The van der Waals surface area contributed by atoms with Crippen LogP contribution in [-0.4, -0.2) is 36.2 Å². The van der Waals surface area contributed by atoms with Crippen LogP contribution in [0.5, 0.6) is 0 Å². The Morgan fingerprint density at radius 2 is 1.80 bits per heavy atom. The zero-order valence-corrected chi connectivity index (χ0v) is 9.93. The highest BCUT2D eigenvalue weighted by Crippen LogP contribution is 2.00. The average Bonchev–Trinajstić information content (AvgIpc) is 2.26. The highest BCUT2D eigenvalue weighted by Gasteiger charge is 2.11. The Bertz CT molecular complexity index is 382. The first kappa shape index (κ1) is 13.9. The fraction of sp³-hybridized carbons (Fsp3) is 0.571. The molecule has 0 spiro atoms. The van der Waals surface area contributed by atoms with Gasteiger partial charge in [-0.25, -0.2) is 9.13 Å². The molecular weight excluding hydrogens is 222 g/mol. The Morgan fingerprint density at radius 1 is 1.40 bits per heavy atom. The van der Waals surface area contributed by atoms with Crippen LogP contribution in [0.2, 0.25) is 0 Å². The molecule has 8 heteroatoms. The van der Waals surface area contributed by atoms with E-state index in [1.54, 1.807) is 0 Å². The first-order chi connectivity index (χ1) is 6.63. The summed E-state index contributed by atoms with van der Waals surface area (Å²) in [6.45, 7) is 0. The van der Waals surface area contributed by atoms with Crippen LogP contribution in [0.25, 0.3) is 0 Å². The van der Waals surface area contributed by atoms with Crippen molar-refractivity contribution in [2.75, 3.05) is 19.0 Å². The standard InChI is InChI=1S/C7H14N3.H2O4S/c1-8(2)7-9(3)5-6-10(7)4;1-5(2,3)4/h5-6H,1-4H3;(H2,1,2,3,4)/q+1;. The fourth-order valence-electron chi connectivity index (χ4n) is 1.21. The van der Waals surface area contributed by atoms with Crippen LogP contribution in [0.3, 0.4) is 0 Å². The van der Waals surface area contributed by atoms with Gasteiger partial charge < -0.3 is 0 Å². The second-order valence-electron chi connectivity index (χ2n) is 3.16. The van der Waals surface area contributed by atoms with E-state index in [2.05, 4.69) is 14.0 Å². The molecule has 0 amide bonds. The maximum Gasteiger partial charge on any atom is 0.394 e. The Hall–Kier alpha value is -1.12. The number of aryl methyl sites for hydroxylation is 2. The Labute approximate surface area is 89.1 Å². The van der Waals surface area contributed by atoms with E-state index in [0.717, 1.165) is 0 Å². The van der Waals surface area contributed by atoms with Gasteiger partial charge in [0.1, 0.15) is 0 Å². The van der Waals surface area contributed by atoms with Crippen LogP contribution in [-0.2, 0) is 24.5 Å². The molecule has 0 atom stereocenters. The first-order valence-electron chi connectivity index (χ1n) is 4.01. The zero-order chi connectivity index (χ0) is 12.2. The molecule has 0 aliphatic carbocycles. The van der Waals surface area contributed by atoms with Gasteiger partial charge in [0, 0.05) is 0 Å². The SMILES string of the molecule is CN(C)c1n(C)cc[n+]1C.O=S(=O)(O)O. The van der Waals surface area contributed by atoms with Crippen LogP contribution in [0, 0.1) is 0 Å². The predicted molar refractivity (Wildman–Crippen MR) is 55.1 cm³/mol. The van der Waals surface area contributed by atoms with Gasteiger partial charge in [-0.15, -0.1) is 0 Å². The summed E-state index contributed by atoms with van der Waals surface area (Å²) in [5.41, 5.74) is 0. The van der Waals surface area contributed by atoms with Gasteiger partial charge in [-0.2, -0.15) is 8.42 Å². The summed E-state index contributed by atoms with van der Waals surface area (Å²) >= 11 is 0. The van der Waals surface area contributed by atoms with Crippen LogP contribution < -0.4 is 9.47 Å². The van der Waals surface area contributed by atoms with Gasteiger partial charge in [0.15, 0.2) is 0 Å². The number of rotatable bonds is 1. The molecule has 0 saturated heterocycles. The summed E-state index contributed by atoms with van der Waals surface area (Å²) in [7, 11) is 3.48. The minimum atomic E-state index is -4.67. The molecule has 0 radical (unpaired) electrons. The van der Waals surface area contributed by atoms with Crippen LogP contribution >= 0.6 is 0 Å². The molecule has 1 aromatic rings. The molecule has 0 fully saturated rings. The number of imidazole rings is 1. The van der Waals surface area contributed by atoms with Crippen molar-refractivity contribution in [3.05, 3.63) is 12.4 Å². The lowest BCUT2D eigenvalue weighted by Gasteiger charge is -2.05. The minimum Gasteiger partial charge on any atom is -0.270 e. The monoisotopic (exact) mass is 238 g/mol. The molecule has 88 valence electrons. The van der Waals surface area contributed by atoms with Crippen LogP contribution in [0.4, 0.5) is 5.95 Å². The van der Waals surface area contributed by atoms with Gasteiger partial charge in [-0.05, 0) is 0 Å². The summed E-state index contributed by atoms with van der Waals surface area (Å²) in [6, 6.07) is 0. The largest absolute Gasteiger partial charge is 0.394 e. The van der Waals surface area contributed by atoms with E-state index in [1.165, 1.54) is 5.95 Å². The smallest absolute Gasteiger partial charge is 0.270 e. The Morgan fingerprint density at radius 3 is 1.93 bits per heavy atom. The van der Waals surface area contributed by atoms with Crippen molar-refractivity contribution in [1.82, 2.24) is 4.57 Å². The molecule has 1 rings (SSSR count). The van der Waals surface area contributed by atoms with Gasteiger partial charge in [0.2, 0.25) is 0 Å². The normalized spacial score (nSPS) is 10.5. The van der Waals surface area contributed by atoms with Crippen molar-refractivity contribution >= 4 is 16.3 Å². The van der Waals surface area contributed by atoms with Crippen LogP contribution in [0.1, 0.15) is 0 Å². The maximum absolute atomic E-state index is 8.74. The molecular formula is C7H16N3O4S+. The number of anilines is 1. The fourth-order valence-corrected chi connectivity index (χ4v) is 1.21. The molecule has 0 bridgehead atoms. The lowest BCUT2D eigenvalue weighted by atomic mass is 10.8. The third-order valence-electron chi connectivity index (χ3n) is 1.54. The molecule has 0 aliphatic heterocycles. The second kappa shape index (κ2) is 5.10. The Balaban J connectivity index is 0.000000336. The molecule has 0 aliphatic rings. The molecule has 15 heavy (non-hydrogen) atoms. The molecule has 7 nitrogen and oxygen atoms in total. The van der Waals surface area contributed by atoms with Gasteiger partial charge in [0.25, 0.3) is 0 Å². The zero-order valence-electron chi connectivity index (χ0n) is 9.12. The lowest BCUT2D eigenvalue weighted by molar-refractivity contribution is -0.657. The first-order valence-corrected chi connectivity index (χ1v) is 5.40. The topological polar surface area (TPSA) is 86.7 Å². The molecule has 2 N–H and O–H groups in total. The van der Waals surface area contributed by atoms with E-state index >= 15 is 0 Å². The summed E-state index contributed by atoms with van der Waals surface area (Å²) < 4.78 is 35.8. The highest BCUT2D eigenvalue weighted by atomic mass is 32.3. The molecule has 0 saturated carbocycles. The quantitative estimate of drug-likeness (QED) is 0.497. The number of aromatic nitrogens is 2. The third kappa shape index (κ3) is 6.05. The van der Waals surface area contributed by atoms with Crippen molar-refractivity contribution in [3.63, 3.8) is 0 Å².